The van der Waals surface area contributed by atoms with Crippen LogP contribution in [0.2, 0.25) is 0 Å². The van der Waals surface area contributed by atoms with Crippen LogP contribution in [0.25, 0.3) is 0 Å². The lowest BCUT2D eigenvalue weighted by atomic mass is 10.1. The van der Waals surface area contributed by atoms with Crippen LogP contribution in [0, 0.1) is 17.8 Å². The molecule has 0 N–H and O–H groups in total. The van der Waals surface area contributed by atoms with E-state index >= 15 is 0 Å². The molecule has 0 bridgehead atoms. The van der Waals surface area contributed by atoms with Gasteiger partial charge in [-0.05, 0) is 25.3 Å². The average Bonchev–Trinajstić information content (AvgIpc) is 2.34. The third kappa shape index (κ3) is 4.29. The van der Waals surface area contributed by atoms with Crippen LogP contribution < -0.4 is 0 Å². The Labute approximate surface area is 96.6 Å². The zero-order valence-corrected chi connectivity index (χ0v) is 9.64. The smallest absolute Gasteiger partial charge is 0.192 e. The molecule has 84 valence electrons. The van der Waals surface area contributed by atoms with Gasteiger partial charge in [0.05, 0.1) is 12.7 Å². The van der Waals surface area contributed by atoms with Crippen molar-refractivity contribution in [2.24, 2.45) is 5.92 Å². The van der Waals surface area contributed by atoms with Crippen molar-refractivity contribution in [2.75, 3.05) is 0 Å². The van der Waals surface area contributed by atoms with E-state index in [-0.39, 0.29) is 12.0 Å². The second-order valence-corrected chi connectivity index (χ2v) is 3.70. The zero-order chi connectivity index (χ0) is 11.8. The maximum Gasteiger partial charge on any atom is 0.192 e. The second-order valence-electron chi connectivity index (χ2n) is 3.70. The molecule has 0 fully saturated rings. The van der Waals surface area contributed by atoms with Crippen molar-refractivity contribution in [1.82, 2.24) is 0 Å². The monoisotopic (exact) mass is 216 g/mol. The lowest BCUT2D eigenvalue weighted by Crippen LogP contribution is -2.16. The fourth-order valence-corrected chi connectivity index (χ4v) is 1.23. The number of carbonyl (C=O) groups is 1. The van der Waals surface area contributed by atoms with Crippen LogP contribution in [0.3, 0.4) is 0 Å². The average molecular weight is 216 g/mol. The summed E-state index contributed by atoms with van der Waals surface area (Å²) in [6, 6.07) is 9.99. The maximum absolute atomic E-state index is 10.1. The number of benzene rings is 1. The molecule has 0 saturated heterocycles. The number of rotatable bonds is 4. The van der Waals surface area contributed by atoms with Gasteiger partial charge in [0, 0.05) is 5.92 Å². The van der Waals surface area contributed by atoms with Crippen molar-refractivity contribution < 1.29 is 9.53 Å². The third-order valence-corrected chi connectivity index (χ3v) is 2.43. The summed E-state index contributed by atoms with van der Waals surface area (Å²) in [7, 11) is 0. The molecule has 1 aromatic carbocycles. The molecule has 0 saturated carbocycles. The minimum absolute atomic E-state index is 0.0210. The molecule has 0 spiro atoms. The van der Waals surface area contributed by atoms with Crippen molar-refractivity contribution in [3.8, 4) is 11.8 Å². The lowest BCUT2D eigenvalue weighted by molar-refractivity contribution is -0.103. The molecule has 2 atom stereocenters. The first-order chi connectivity index (χ1) is 7.74. The highest BCUT2D eigenvalue weighted by atomic mass is 16.5. The van der Waals surface area contributed by atoms with Crippen LogP contribution >= 0.6 is 0 Å². The number of carbonyl (C=O) groups excluding carboxylic acids is 1. The highest BCUT2D eigenvalue weighted by Crippen LogP contribution is 2.09. The van der Waals surface area contributed by atoms with E-state index in [1.165, 1.54) is 0 Å². The van der Waals surface area contributed by atoms with E-state index in [2.05, 4.69) is 11.8 Å². The van der Waals surface area contributed by atoms with Crippen molar-refractivity contribution in [1.29, 1.82) is 0 Å². The highest BCUT2D eigenvalue weighted by molar-refractivity contribution is 5.72. The summed E-state index contributed by atoms with van der Waals surface area (Å²) in [4.78, 5) is 10.1. The summed E-state index contributed by atoms with van der Waals surface area (Å²) in [6.45, 7) is 4.49. The summed E-state index contributed by atoms with van der Waals surface area (Å²) in [5.41, 5.74) is 1.14. The largest absolute Gasteiger partial charge is 0.373 e. The zero-order valence-electron chi connectivity index (χ0n) is 9.64. The number of hydrogen-bond acceptors (Lipinski definition) is 2. The van der Waals surface area contributed by atoms with Gasteiger partial charge in [-0.1, -0.05) is 36.3 Å². The van der Waals surface area contributed by atoms with Crippen LogP contribution in [0.5, 0.6) is 0 Å². The molecule has 16 heavy (non-hydrogen) atoms. The van der Waals surface area contributed by atoms with Crippen LogP contribution in [-0.2, 0) is 16.1 Å². The maximum atomic E-state index is 10.1. The van der Waals surface area contributed by atoms with Gasteiger partial charge >= 0.3 is 0 Å². The Morgan fingerprint density at radius 3 is 2.62 bits per heavy atom. The van der Waals surface area contributed by atoms with E-state index in [4.69, 9.17) is 4.74 Å². The normalized spacial score (nSPS) is 13.4. The molecular formula is C14H16O2. The number of aldehydes is 1. The molecule has 0 aliphatic heterocycles. The molecule has 0 unspecified atom stereocenters. The summed E-state index contributed by atoms with van der Waals surface area (Å²) in [5, 5.41) is 0. The van der Waals surface area contributed by atoms with Gasteiger partial charge in [0.25, 0.3) is 0 Å². The second kappa shape index (κ2) is 6.81. The van der Waals surface area contributed by atoms with E-state index in [0.29, 0.717) is 12.9 Å². The minimum atomic E-state index is 0.0210. The van der Waals surface area contributed by atoms with Gasteiger partial charge in [0.15, 0.2) is 6.29 Å². The fraction of sp³-hybridized carbons (Fsp3) is 0.357. The highest BCUT2D eigenvalue weighted by Gasteiger charge is 2.09. The van der Waals surface area contributed by atoms with Crippen LogP contribution in [0.15, 0.2) is 30.3 Å². The summed E-state index contributed by atoms with van der Waals surface area (Å²) < 4.78 is 5.67. The molecule has 0 aliphatic carbocycles. The van der Waals surface area contributed by atoms with Gasteiger partial charge in [-0.15, -0.1) is 0 Å². The summed E-state index contributed by atoms with van der Waals surface area (Å²) >= 11 is 0. The molecular weight excluding hydrogens is 200 g/mol. The van der Waals surface area contributed by atoms with Crippen molar-refractivity contribution >= 4 is 6.29 Å². The number of hydrogen-bond donors (Lipinski definition) is 0. The topological polar surface area (TPSA) is 26.3 Å². The first kappa shape index (κ1) is 12.5. The standard InChI is InChI=1S/C14H16O2/c1-12(7-6-10-15)13(2)16-11-14-8-4-3-5-9-14/h3-5,8-10,12-13H,11H2,1-2H3/t12-,13+/m0/s1. The Morgan fingerprint density at radius 1 is 1.31 bits per heavy atom. The van der Waals surface area contributed by atoms with Gasteiger partial charge in [0.1, 0.15) is 0 Å². The van der Waals surface area contributed by atoms with Gasteiger partial charge in [0.2, 0.25) is 0 Å². The van der Waals surface area contributed by atoms with E-state index < -0.39 is 0 Å². The van der Waals surface area contributed by atoms with Crippen LogP contribution in [0.1, 0.15) is 19.4 Å². The summed E-state index contributed by atoms with van der Waals surface area (Å²) in [6.07, 6.45) is 0.633. The van der Waals surface area contributed by atoms with Crippen molar-refractivity contribution in [3.63, 3.8) is 0 Å². The lowest BCUT2D eigenvalue weighted by Gasteiger charge is -2.15. The molecule has 2 heteroatoms. The van der Waals surface area contributed by atoms with Gasteiger partial charge in [-0.2, -0.15) is 0 Å². The molecule has 1 aromatic rings. The minimum Gasteiger partial charge on any atom is -0.373 e. The van der Waals surface area contributed by atoms with Crippen molar-refractivity contribution in [2.45, 2.75) is 26.6 Å². The predicted molar refractivity (Wildman–Crippen MR) is 63.7 cm³/mol. The molecule has 0 aliphatic rings. The van der Waals surface area contributed by atoms with Gasteiger partial charge in [-0.3, -0.25) is 4.79 Å². The SMILES string of the molecule is C[C@@H](C#CC=O)[C@@H](C)OCc1ccccc1. The fourth-order valence-electron chi connectivity index (χ4n) is 1.23. The van der Waals surface area contributed by atoms with E-state index in [1.807, 2.05) is 44.2 Å². The number of ether oxygens (including phenoxy) is 1. The molecule has 0 aromatic heterocycles. The molecule has 2 nitrogen and oxygen atoms in total. The van der Waals surface area contributed by atoms with Crippen LogP contribution in [-0.4, -0.2) is 12.4 Å². The van der Waals surface area contributed by atoms with Crippen LogP contribution in [0.4, 0.5) is 0 Å². The first-order valence-corrected chi connectivity index (χ1v) is 5.34. The first-order valence-electron chi connectivity index (χ1n) is 5.34. The van der Waals surface area contributed by atoms with E-state index in [9.17, 15) is 4.79 Å². The van der Waals surface area contributed by atoms with E-state index in [0.717, 1.165) is 5.56 Å². The summed E-state index contributed by atoms with van der Waals surface area (Å²) in [5.74, 6) is 5.31. The van der Waals surface area contributed by atoms with Crippen molar-refractivity contribution in [3.05, 3.63) is 35.9 Å². The Morgan fingerprint density at radius 2 is 2.00 bits per heavy atom. The Balaban J connectivity index is 2.40. The van der Waals surface area contributed by atoms with E-state index in [1.54, 1.807) is 0 Å². The van der Waals surface area contributed by atoms with Gasteiger partial charge in [-0.25, -0.2) is 0 Å². The quantitative estimate of drug-likeness (QED) is 0.570. The third-order valence-electron chi connectivity index (χ3n) is 2.43. The van der Waals surface area contributed by atoms with Gasteiger partial charge < -0.3 is 4.74 Å². The Hall–Kier alpha value is -1.59. The molecule has 0 amide bonds. The Bertz CT molecular complexity index is 373. The predicted octanol–water partition coefficient (Wildman–Crippen LogP) is 2.43. The molecule has 0 radical (unpaired) electrons. The Kier molecular flexibility index (Phi) is 5.31. The molecule has 1 rings (SSSR count). The molecule has 0 heterocycles.